The lowest BCUT2D eigenvalue weighted by Gasteiger charge is -2.03. The summed E-state index contributed by atoms with van der Waals surface area (Å²) in [5, 5.41) is 8.97. The molecule has 1 N–H and O–H groups in total. The SMILES string of the molecule is O=C(O)c1ccc2ncn(CCC3CC3)c2c1. The Morgan fingerprint density at radius 2 is 2.29 bits per heavy atom. The quantitative estimate of drug-likeness (QED) is 0.878. The highest BCUT2D eigenvalue weighted by Gasteiger charge is 2.21. The Morgan fingerprint density at radius 1 is 1.47 bits per heavy atom. The molecule has 1 saturated carbocycles. The number of aromatic nitrogens is 2. The zero-order valence-corrected chi connectivity index (χ0v) is 9.47. The summed E-state index contributed by atoms with van der Waals surface area (Å²) in [5.41, 5.74) is 2.11. The second-order valence-corrected chi connectivity index (χ2v) is 4.68. The van der Waals surface area contributed by atoms with Crippen LogP contribution in [0.1, 0.15) is 29.6 Å². The van der Waals surface area contributed by atoms with Gasteiger partial charge in [0.15, 0.2) is 0 Å². The molecule has 0 spiro atoms. The third-order valence-corrected chi connectivity index (χ3v) is 3.34. The van der Waals surface area contributed by atoms with Crippen LogP contribution in [0.5, 0.6) is 0 Å². The second-order valence-electron chi connectivity index (χ2n) is 4.68. The number of rotatable bonds is 4. The van der Waals surface area contributed by atoms with E-state index in [9.17, 15) is 4.79 Å². The van der Waals surface area contributed by atoms with Gasteiger partial charge in [-0.25, -0.2) is 9.78 Å². The summed E-state index contributed by atoms with van der Waals surface area (Å²) >= 11 is 0. The number of aromatic carboxylic acids is 1. The third kappa shape index (κ3) is 2.02. The van der Waals surface area contributed by atoms with Crippen LogP contribution in [0.3, 0.4) is 0 Å². The maximum Gasteiger partial charge on any atom is 0.335 e. The van der Waals surface area contributed by atoms with Gasteiger partial charge in [-0.3, -0.25) is 0 Å². The fourth-order valence-electron chi connectivity index (χ4n) is 2.10. The molecule has 1 aliphatic rings. The van der Waals surface area contributed by atoms with Gasteiger partial charge in [0.1, 0.15) is 0 Å². The summed E-state index contributed by atoms with van der Waals surface area (Å²) in [6, 6.07) is 5.08. The van der Waals surface area contributed by atoms with Crippen molar-refractivity contribution in [3.8, 4) is 0 Å². The molecule has 0 radical (unpaired) electrons. The number of fused-ring (bicyclic) bond motifs is 1. The number of imidazole rings is 1. The fourth-order valence-corrected chi connectivity index (χ4v) is 2.10. The molecule has 0 saturated heterocycles. The van der Waals surface area contributed by atoms with E-state index in [-0.39, 0.29) is 0 Å². The summed E-state index contributed by atoms with van der Waals surface area (Å²) in [4.78, 5) is 15.2. The van der Waals surface area contributed by atoms with Crippen molar-refractivity contribution in [1.29, 1.82) is 0 Å². The number of nitrogens with zero attached hydrogens (tertiary/aromatic N) is 2. The van der Waals surface area contributed by atoms with Crippen molar-refractivity contribution in [2.45, 2.75) is 25.8 Å². The number of carbonyl (C=O) groups is 1. The van der Waals surface area contributed by atoms with E-state index in [0.717, 1.165) is 23.5 Å². The predicted octanol–water partition coefficient (Wildman–Crippen LogP) is 2.53. The minimum Gasteiger partial charge on any atom is -0.478 e. The number of hydrogen-bond donors (Lipinski definition) is 1. The average Bonchev–Trinajstić information content (AvgIpc) is 3.06. The zero-order chi connectivity index (χ0) is 11.8. The standard InChI is InChI=1S/C13H14N2O2/c16-13(17)10-3-4-11-12(7-10)15(8-14-11)6-5-9-1-2-9/h3-4,7-9H,1-2,5-6H2,(H,16,17). The van der Waals surface area contributed by atoms with Gasteiger partial charge in [-0.05, 0) is 30.5 Å². The van der Waals surface area contributed by atoms with Crippen LogP contribution in [0.4, 0.5) is 0 Å². The molecule has 4 nitrogen and oxygen atoms in total. The Kier molecular flexibility index (Phi) is 2.35. The molecule has 0 atom stereocenters. The van der Waals surface area contributed by atoms with Crippen molar-refractivity contribution in [3.05, 3.63) is 30.1 Å². The van der Waals surface area contributed by atoms with Gasteiger partial charge < -0.3 is 9.67 Å². The summed E-state index contributed by atoms with van der Waals surface area (Å²) in [6.45, 7) is 0.935. The van der Waals surface area contributed by atoms with Gasteiger partial charge in [0, 0.05) is 6.54 Å². The molecular weight excluding hydrogens is 216 g/mol. The van der Waals surface area contributed by atoms with Gasteiger partial charge in [0.2, 0.25) is 0 Å². The summed E-state index contributed by atoms with van der Waals surface area (Å²) in [5.74, 6) is -0.0167. The lowest BCUT2D eigenvalue weighted by molar-refractivity contribution is 0.0697. The number of hydrogen-bond acceptors (Lipinski definition) is 2. The largest absolute Gasteiger partial charge is 0.478 e. The smallest absolute Gasteiger partial charge is 0.335 e. The summed E-state index contributed by atoms with van der Waals surface area (Å²) in [6.07, 6.45) is 5.65. The molecule has 1 aromatic carbocycles. The van der Waals surface area contributed by atoms with Crippen LogP contribution in [0.25, 0.3) is 11.0 Å². The predicted molar refractivity (Wildman–Crippen MR) is 64.0 cm³/mol. The van der Waals surface area contributed by atoms with Crippen molar-refractivity contribution < 1.29 is 9.90 Å². The van der Waals surface area contributed by atoms with E-state index in [4.69, 9.17) is 5.11 Å². The highest BCUT2D eigenvalue weighted by atomic mass is 16.4. The molecule has 1 heterocycles. The Balaban J connectivity index is 1.93. The van der Waals surface area contributed by atoms with E-state index in [1.807, 2.05) is 0 Å². The van der Waals surface area contributed by atoms with Gasteiger partial charge in [-0.15, -0.1) is 0 Å². The van der Waals surface area contributed by atoms with Crippen LogP contribution in [-0.4, -0.2) is 20.6 Å². The molecule has 4 heteroatoms. The highest BCUT2D eigenvalue weighted by Crippen LogP contribution is 2.33. The highest BCUT2D eigenvalue weighted by molar-refractivity contribution is 5.92. The first kappa shape index (κ1) is 10.3. The minimum absolute atomic E-state index is 0.325. The first-order valence-corrected chi connectivity index (χ1v) is 5.92. The summed E-state index contributed by atoms with van der Waals surface area (Å²) in [7, 11) is 0. The molecule has 3 rings (SSSR count). The van der Waals surface area contributed by atoms with E-state index in [1.165, 1.54) is 19.3 Å². The number of carboxylic acid groups (broad SMARTS) is 1. The van der Waals surface area contributed by atoms with Crippen molar-refractivity contribution in [2.75, 3.05) is 0 Å². The molecule has 0 unspecified atom stereocenters. The van der Waals surface area contributed by atoms with Crippen molar-refractivity contribution >= 4 is 17.0 Å². The maximum atomic E-state index is 10.9. The van der Waals surface area contributed by atoms with Crippen LogP contribution in [0.2, 0.25) is 0 Å². The zero-order valence-electron chi connectivity index (χ0n) is 9.47. The third-order valence-electron chi connectivity index (χ3n) is 3.34. The Labute approximate surface area is 98.9 Å². The molecule has 88 valence electrons. The van der Waals surface area contributed by atoms with Gasteiger partial charge in [-0.1, -0.05) is 12.8 Å². The summed E-state index contributed by atoms with van der Waals surface area (Å²) < 4.78 is 2.06. The first-order chi connectivity index (χ1) is 8.24. The Hall–Kier alpha value is -1.84. The molecular formula is C13H14N2O2. The van der Waals surface area contributed by atoms with Gasteiger partial charge in [-0.2, -0.15) is 0 Å². The minimum atomic E-state index is -0.887. The molecule has 1 aliphatic carbocycles. The number of carboxylic acids is 1. The fraction of sp³-hybridized carbons (Fsp3) is 0.385. The van der Waals surface area contributed by atoms with Crippen LogP contribution >= 0.6 is 0 Å². The monoisotopic (exact) mass is 230 g/mol. The van der Waals surface area contributed by atoms with Gasteiger partial charge in [0.25, 0.3) is 0 Å². The average molecular weight is 230 g/mol. The van der Waals surface area contributed by atoms with Crippen molar-refractivity contribution in [2.24, 2.45) is 5.92 Å². The maximum absolute atomic E-state index is 10.9. The lowest BCUT2D eigenvalue weighted by atomic mass is 10.2. The van der Waals surface area contributed by atoms with E-state index in [1.54, 1.807) is 24.5 Å². The van der Waals surface area contributed by atoms with E-state index >= 15 is 0 Å². The molecule has 0 aliphatic heterocycles. The molecule has 1 fully saturated rings. The topological polar surface area (TPSA) is 55.1 Å². The van der Waals surface area contributed by atoms with E-state index in [0.29, 0.717) is 5.56 Å². The molecule has 1 aromatic heterocycles. The van der Waals surface area contributed by atoms with Crippen molar-refractivity contribution in [3.63, 3.8) is 0 Å². The van der Waals surface area contributed by atoms with Crippen LogP contribution < -0.4 is 0 Å². The van der Waals surface area contributed by atoms with Crippen LogP contribution in [0, 0.1) is 5.92 Å². The molecule has 0 bridgehead atoms. The van der Waals surface area contributed by atoms with E-state index < -0.39 is 5.97 Å². The first-order valence-electron chi connectivity index (χ1n) is 5.92. The van der Waals surface area contributed by atoms with Crippen LogP contribution in [0.15, 0.2) is 24.5 Å². The van der Waals surface area contributed by atoms with Gasteiger partial charge >= 0.3 is 5.97 Å². The lowest BCUT2D eigenvalue weighted by Crippen LogP contribution is -1.99. The number of benzene rings is 1. The van der Waals surface area contributed by atoms with Crippen molar-refractivity contribution in [1.82, 2.24) is 9.55 Å². The van der Waals surface area contributed by atoms with Gasteiger partial charge in [0.05, 0.1) is 22.9 Å². The number of aryl methyl sites for hydroxylation is 1. The normalized spacial score (nSPS) is 15.3. The second kappa shape index (κ2) is 3.87. The molecule has 0 amide bonds. The molecule has 17 heavy (non-hydrogen) atoms. The molecule has 2 aromatic rings. The van der Waals surface area contributed by atoms with E-state index in [2.05, 4.69) is 9.55 Å². The Morgan fingerprint density at radius 3 is 3.00 bits per heavy atom. The van der Waals surface area contributed by atoms with Crippen LogP contribution in [-0.2, 0) is 6.54 Å². The Bertz CT molecular complexity index is 570.